The molecule has 0 radical (unpaired) electrons. The van der Waals surface area contributed by atoms with Crippen LogP contribution in [0.15, 0.2) is 111 Å². The van der Waals surface area contributed by atoms with E-state index in [1.807, 2.05) is 91.9 Å². The van der Waals surface area contributed by atoms with Crippen LogP contribution in [0.4, 0.5) is 0 Å². The number of carbonyl (C=O) groups is 1. The minimum absolute atomic E-state index is 0.204. The number of thiophene rings is 1. The molecule has 0 aliphatic heterocycles. The molecule has 0 amide bonds. The van der Waals surface area contributed by atoms with Crippen LogP contribution in [0.5, 0.6) is 6.08 Å². The van der Waals surface area contributed by atoms with Gasteiger partial charge in [-0.05, 0) is 46.0 Å². The number of benzene rings is 4. The van der Waals surface area contributed by atoms with Gasteiger partial charge in [0.1, 0.15) is 4.83 Å². The molecule has 222 valence electrons. The summed E-state index contributed by atoms with van der Waals surface area (Å²) in [5.41, 5.74) is 2.60. The Labute approximate surface area is 260 Å². The molecule has 7 aromatic rings. The summed E-state index contributed by atoms with van der Waals surface area (Å²) in [4.78, 5) is 46.3. The molecule has 0 unspecified atom stereocenters. The molecule has 7 rings (SSSR count). The van der Waals surface area contributed by atoms with Crippen molar-refractivity contribution in [3.8, 4) is 28.6 Å². The molecule has 45 heavy (non-hydrogen) atoms. The van der Waals surface area contributed by atoms with Gasteiger partial charge in [0, 0.05) is 16.0 Å². The van der Waals surface area contributed by atoms with Crippen molar-refractivity contribution >= 4 is 38.1 Å². The minimum Gasteiger partial charge on any atom is -0.528 e. The van der Waals surface area contributed by atoms with E-state index in [0.717, 1.165) is 36.9 Å². The zero-order valence-corrected chi connectivity index (χ0v) is 24.9. The Morgan fingerprint density at radius 3 is 2.33 bits per heavy atom. The van der Waals surface area contributed by atoms with Gasteiger partial charge in [0.15, 0.2) is 17.7 Å². The smallest absolute Gasteiger partial charge is 0.332 e. The molecule has 0 spiro atoms. The van der Waals surface area contributed by atoms with Crippen molar-refractivity contribution in [2.75, 3.05) is 0 Å². The highest BCUT2D eigenvalue weighted by Gasteiger charge is 2.19. The third-order valence-corrected chi connectivity index (χ3v) is 9.15. The number of hydrogen-bond donors (Lipinski definition) is 0. The van der Waals surface area contributed by atoms with Crippen molar-refractivity contribution in [3.05, 3.63) is 134 Å². The monoisotopic (exact) mass is 613 g/mol. The molecule has 3 aromatic heterocycles. The van der Waals surface area contributed by atoms with Crippen LogP contribution in [0, 0.1) is 0 Å². The van der Waals surface area contributed by atoms with E-state index in [4.69, 9.17) is 0 Å². The fraction of sp³-hybridized carbons (Fsp3) is 0.114. The second-order valence-electron chi connectivity index (χ2n) is 10.7. The van der Waals surface area contributed by atoms with Crippen LogP contribution in [0.25, 0.3) is 43.5 Å². The first kappa shape index (κ1) is 28.2. The maximum atomic E-state index is 13.9. The zero-order chi connectivity index (χ0) is 31.1. The van der Waals surface area contributed by atoms with E-state index in [1.54, 1.807) is 16.7 Å². The number of carbonyl (C=O) groups excluding carboxylic acids is 1. The summed E-state index contributed by atoms with van der Waals surface area (Å²) in [6.45, 7) is 1.84. The predicted molar refractivity (Wildman–Crippen MR) is 172 cm³/mol. The van der Waals surface area contributed by atoms with E-state index in [-0.39, 0.29) is 24.7 Å². The second kappa shape index (κ2) is 11.5. The number of Topliss-reactive ketones (excluding diaryl/α,β-unsaturated/α-hetero) is 1. The Kier molecular flexibility index (Phi) is 7.19. The molecular weight excluding hydrogens is 588 g/mol. The van der Waals surface area contributed by atoms with Crippen LogP contribution in [0.2, 0.25) is 0 Å². The molecule has 0 N–H and O–H groups in total. The molecule has 3 heterocycles. The normalized spacial score (nSPS) is 11.4. The summed E-state index contributed by atoms with van der Waals surface area (Å²) in [6.07, 6.45) is -0.0438. The average Bonchev–Trinajstić information content (AvgIpc) is 3.71. The van der Waals surface area contributed by atoms with E-state index >= 15 is 0 Å². The van der Waals surface area contributed by atoms with E-state index < -0.39 is 17.3 Å². The van der Waals surface area contributed by atoms with E-state index in [2.05, 4.69) is 14.7 Å². The Bertz CT molecular complexity index is 2350. The van der Waals surface area contributed by atoms with Crippen molar-refractivity contribution in [2.24, 2.45) is 0 Å². The van der Waals surface area contributed by atoms with Crippen molar-refractivity contribution in [1.82, 2.24) is 19.3 Å². The number of aromatic nitrogens is 4. The van der Waals surface area contributed by atoms with E-state index in [0.29, 0.717) is 27.8 Å². The molecule has 0 aliphatic carbocycles. The van der Waals surface area contributed by atoms with Gasteiger partial charge < -0.3 is 9.63 Å². The fourth-order valence-electron chi connectivity index (χ4n) is 5.52. The van der Waals surface area contributed by atoms with Gasteiger partial charge in [0.2, 0.25) is 0 Å². The lowest BCUT2D eigenvalue weighted by atomic mass is 9.98. The Morgan fingerprint density at radius 2 is 1.60 bits per heavy atom. The number of rotatable bonds is 8. The van der Waals surface area contributed by atoms with Crippen LogP contribution in [0.1, 0.15) is 27.7 Å². The molecular formula is C35H25N4O5S-. The van der Waals surface area contributed by atoms with Crippen LogP contribution < -0.4 is 16.4 Å². The van der Waals surface area contributed by atoms with Gasteiger partial charge >= 0.3 is 5.69 Å². The number of hydrogen-bond acceptors (Lipinski definition) is 8. The number of aryl methyl sites for hydroxylation is 1. The molecule has 0 saturated heterocycles. The molecule has 0 saturated carbocycles. The topological polar surface area (TPSA) is 123 Å². The summed E-state index contributed by atoms with van der Waals surface area (Å²) in [6, 6.07) is 30.0. The lowest BCUT2D eigenvalue weighted by Gasteiger charge is -2.13. The van der Waals surface area contributed by atoms with Gasteiger partial charge in [-0.1, -0.05) is 91.9 Å². The van der Waals surface area contributed by atoms with Crippen molar-refractivity contribution in [1.29, 1.82) is 0 Å². The lowest BCUT2D eigenvalue weighted by molar-refractivity contribution is -0.303. The first-order chi connectivity index (χ1) is 21.9. The Balaban J connectivity index is 1.25. The highest BCUT2D eigenvalue weighted by molar-refractivity contribution is 7.18. The van der Waals surface area contributed by atoms with Gasteiger partial charge in [-0.3, -0.25) is 18.7 Å². The minimum atomic E-state index is -0.757. The second-order valence-corrected chi connectivity index (χ2v) is 11.8. The van der Waals surface area contributed by atoms with Gasteiger partial charge in [0.25, 0.3) is 5.56 Å². The van der Waals surface area contributed by atoms with Crippen LogP contribution in [0.3, 0.4) is 0 Å². The summed E-state index contributed by atoms with van der Waals surface area (Å²) >= 11 is 1.41. The van der Waals surface area contributed by atoms with Gasteiger partial charge in [-0.25, -0.2) is 9.78 Å². The Morgan fingerprint density at radius 1 is 0.867 bits per heavy atom. The van der Waals surface area contributed by atoms with Crippen molar-refractivity contribution in [2.45, 2.75) is 26.4 Å². The first-order valence-electron chi connectivity index (χ1n) is 14.4. The molecule has 0 fully saturated rings. The zero-order valence-electron chi connectivity index (χ0n) is 24.1. The van der Waals surface area contributed by atoms with E-state index in [9.17, 15) is 19.5 Å². The van der Waals surface area contributed by atoms with Gasteiger partial charge in [0.05, 0.1) is 18.5 Å². The first-order valence-corrected chi connectivity index (χ1v) is 15.2. The van der Waals surface area contributed by atoms with Gasteiger partial charge in [-0.2, -0.15) is 5.16 Å². The molecule has 4 aromatic carbocycles. The quantitative estimate of drug-likeness (QED) is 0.203. The summed E-state index contributed by atoms with van der Waals surface area (Å²) in [5, 5.41) is 17.6. The van der Waals surface area contributed by atoms with Crippen molar-refractivity contribution < 1.29 is 14.4 Å². The summed E-state index contributed by atoms with van der Waals surface area (Å²) < 4.78 is 7.27. The molecule has 10 heteroatoms. The highest BCUT2D eigenvalue weighted by Crippen LogP contribution is 2.31. The van der Waals surface area contributed by atoms with Crippen LogP contribution >= 0.6 is 11.3 Å². The molecule has 0 bridgehead atoms. The third-order valence-electron chi connectivity index (χ3n) is 7.85. The maximum Gasteiger partial charge on any atom is 0.332 e. The molecule has 9 nitrogen and oxygen atoms in total. The number of fused-ring (bicyclic) bond motifs is 2. The largest absolute Gasteiger partial charge is 0.528 e. The summed E-state index contributed by atoms with van der Waals surface area (Å²) in [5.74, 6) is -0.107. The SMILES string of the molecule is CCc1cc2c(=O)n(CC(=O)c3ccc4ccccc4c3)c(=O)n(Cc3ccc(-c4ccccc4-c4noc([O-])n4)cc3)c2s1. The van der Waals surface area contributed by atoms with E-state index in [1.165, 1.54) is 11.3 Å². The predicted octanol–water partition coefficient (Wildman–Crippen LogP) is 5.66. The number of ketones is 1. The molecule has 0 atom stereocenters. The molecule has 0 aliphatic rings. The fourth-order valence-corrected chi connectivity index (χ4v) is 6.60. The Hall–Kier alpha value is -5.61. The maximum absolute atomic E-state index is 13.9. The summed E-state index contributed by atoms with van der Waals surface area (Å²) in [7, 11) is 0. The van der Waals surface area contributed by atoms with Crippen LogP contribution in [-0.4, -0.2) is 25.1 Å². The van der Waals surface area contributed by atoms with Crippen molar-refractivity contribution in [3.63, 3.8) is 0 Å². The van der Waals surface area contributed by atoms with Gasteiger partial charge in [-0.15, -0.1) is 11.3 Å². The standard InChI is InChI=1S/C35H26N4O5S/c1-2-26-18-29-32(41)38(20-30(40)25-16-15-22-7-3-4-8-24(22)17-25)35(43)39(33(29)45-26)19-21-11-13-23(14-12-21)27-9-5-6-10-28(27)31-36-34(42)44-37-31/h3-18H,2,19-20H2,1H3,(H,36,37,42)/p-1. The number of nitrogens with zero attached hydrogens (tertiary/aromatic N) is 4. The third kappa shape index (κ3) is 5.25. The van der Waals surface area contributed by atoms with Crippen LogP contribution in [-0.2, 0) is 19.5 Å². The lowest BCUT2D eigenvalue weighted by Crippen LogP contribution is -2.41. The highest BCUT2D eigenvalue weighted by atomic mass is 32.1. The average molecular weight is 614 g/mol.